The summed E-state index contributed by atoms with van der Waals surface area (Å²) in [4.78, 5) is 65.7. The molecule has 0 spiro atoms. The normalized spacial score (nSPS) is 32.3. The second-order valence-corrected chi connectivity index (χ2v) is 14.6. The molecule has 0 heterocycles. The number of hydrogen-bond donors (Lipinski definition) is 1. The van der Waals surface area contributed by atoms with Crippen LogP contribution >= 0.6 is 0 Å². The summed E-state index contributed by atoms with van der Waals surface area (Å²) in [5.41, 5.74) is -1.69. The molecule has 0 amide bonds. The molecule has 3 rings (SSSR count). The summed E-state index contributed by atoms with van der Waals surface area (Å²) in [6.45, 7) is 17.8. The molecule has 0 radical (unpaired) electrons. The molecule has 1 N–H and O–H groups in total. The molecule has 0 unspecified atom stereocenters. The highest BCUT2D eigenvalue weighted by molar-refractivity contribution is 5.90. The third kappa shape index (κ3) is 9.67. The Balaban J connectivity index is 2.41. The van der Waals surface area contributed by atoms with Crippen molar-refractivity contribution in [1.82, 2.24) is 0 Å². The smallest absolute Gasteiger partial charge is 0.338 e. The van der Waals surface area contributed by atoms with Gasteiger partial charge in [-0.2, -0.15) is 0 Å². The fourth-order valence-electron chi connectivity index (χ4n) is 6.91. The Hall–Kier alpha value is -4.51. The van der Waals surface area contributed by atoms with Crippen LogP contribution in [0.4, 0.5) is 0 Å². The summed E-state index contributed by atoms with van der Waals surface area (Å²) in [5.74, 6) is -5.47. The van der Waals surface area contributed by atoms with Gasteiger partial charge < -0.3 is 28.8 Å². The van der Waals surface area contributed by atoms with Crippen LogP contribution in [0.2, 0.25) is 0 Å². The molecular formula is C41H54O11. The van der Waals surface area contributed by atoms with Gasteiger partial charge in [0.15, 0.2) is 18.3 Å². The molecule has 0 saturated heterocycles. The van der Waals surface area contributed by atoms with Crippen molar-refractivity contribution in [2.24, 2.45) is 23.2 Å². The largest absolute Gasteiger partial charge is 0.458 e. The van der Waals surface area contributed by atoms with E-state index < -0.39 is 89.1 Å². The van der Waals surface area contributed by atoms with E-state index in [0.717, 1.165) is 0 Å². The number of hydrogen-bond acceptors (Lipinski definition) is 11. The first-order valence-electron chi connectivity index (χ1n) is 17.7. The van der Waals surface area contributed by atoms with Crippen LogP contribution in [0.5, 0.6) is 0 Å². The van der Waals surface area contributed by atoms with E-state index >= 15 is 0 Å². The van der Waals surface area contributed by atoms with Crippen LogP contribution in [-0.4, -0.2) is 71.1 Å². The quantitative estimate of drug-likeness (QED) is 0.137. The molecule has 0 bridgehead atoms. The molecule has 52 heavy (non-hydrogen) atoms. The number of ether oxygens (including phenoxy) is 5. The minimum atomic E-state index is -1.82. The van der Waals surface area contributed by atoms with E-state index in [1.807, 2.05) is 6.92 Å². The van der Waals surface area contributed by atoms with E-state index in [4.69, 9.17) is 23.7 Å². The summed E-state index contributed by atoms with van der Waals surface area (Å²) in [6.07, 6.45) is 2.35. The second kappa shape index (κ2) is 17.3. The zero-order chi connectivity index (χ0) is 39.1. The predicted molar refractivity (Wildman–Crippen MR) is 193 cm³/mol. The molecule has 1 fully saturated rings. The summed E-state index contributed by atoms with van der Waals surface area (Å²) >= 11 is 0. The first-order chi connectivity index (χ1) is 24.3. The van der Waals surface area contributed by atoms with Gasteiger partial charge in [0, 0.05) is 42.2 Å². The zero-order valence-corrected chi connectivity index (χ0v) is 32.1. The fourth-order valence-corrected chi connectivity index (χ4v) is 6.91. The van der Waals surface area contributed by atoms with Gasteiger partial charge in [-0.1, -0.05) is 76.3 Å². The minimum absolute atomic E-state index is 0.0637. The number of rotatable bonds is 8. The highest BCUT2D eigenvalue weighted by Crippen LogP contribution is 2.49. The Morgan fingerprint density at radius 2 is 1.33 bits per heavy atom. The molecule has 2 aliphatic carbocycles. The zero-order valence-electron chi connectivity index (χ0n) is 32.1. The van der Waals surface area contributed by atoms with Gasteiger partial charge in [-0.05, 0) is 64.7 Å². The van der Waals surface area contributed by atoms with Gasteiger partial charge in [0.05, 0.1) is 5.56 Å². The maximum absolute atomic E-state index is 13.5. The van der Waals surface area contributed by atoms with Crippen molar-refractivity contribution in [3.05, 3.63) is 83.0 Å². The average molecular weight is 723 g/mol. The van der Waals surface area contributed by atoms with Crippen molar-refractivity contribution in [2.45, 2.75) is 119 Å². The second-order valence-electron chi connectivity index (χ2n) is 14.6. The molecule has 11 nitrogen and oxygen atoms in total. The third-order valence-electron chi connectivity index (χ3n) is 9.99. The summed E-state index contributed by atoms with van der Waals surface area (Å²) in [6, 6.07) is 8.43. The van der Waals surface area contributed by atoms with Gasteiger partial charge in [0.25, 0.3) is 0 Å². The van der Waals surface area contributed by atoms with Crippen molar-refractivity contribution in [1.29, 1.82) is 0 Å². The third-order valence-corrected chi connectivity index (χ3v) is 9.99. The molecule has 9 atom stereocenters. The van der Waals surface area contributed by atoms with E-state index in [1.165, 1.54) is 13.8 Å². The number of carbonyl (C=O) groups is 5. The molecule has 11 heteroatoms. The molecule has 0 aromatic heterocycles. The maximum Gasteiger partial charge on any atom is 0.338 e. The van der Waals surface area contributed by atoms with E-state index in [-0.39, 0.29) is 12.0 Å². The van der Waals surface area contributed by atoms with Crippen LogP contribution in [-0.2, 0) is 42.9 Å². The molecule has 1 aromatic rings. The minimum Gasteiger partial charge on any atom is -0.458 e. The lowest BCUT2D eigenvalue weighted by molar-refractivity contribution is -0.187. The van der Waals surface area contributed by atoms with Crippen molar-refractivity contribution >= 4 is 29.8 Å². The topological polar surface area (TPSA) is 152 Å². The van der Waals surface area contributed by atoms with Gasteiger partial charge in [-0.15, -0.1) is 0 Å². The first kappa shape index (κ1) is 41.9. The highest BCUT2D eigenvalue weighted by Gasteiger charge is 2.59. The molecule has 1 saturated carbocycles. The van der Waals surface area contributed by atoms with E-state index in [1.54, 1.807) is 116 Å². The highest BCUT2D eigenvalue weighted by atomic mass is 16.6. The molecule has 1 aromatic carbocycles. The van der Waals surface area contributed by atoms with Crippen molar-refractivity contribution in [3.8, 4) is 0 Å². The standard InChI is InChI=1S/C41H54O11/c1-12-23(3)37(44)51-33-26(6)21-31-32(50-39(46)30-17-15-14-16-18-30)27(7)22-41(31,47)35(52-38(45)24(4)13-2)25(5)19-20-40(10,11)36(49-29(9)43)34(33)48-28(8)42/h12-21,25,27,31-36,47H,22H2,1-11H3/b20-19+,23-12+,24-13+,26-21+/t25-,27-,31-,32-,33-,34-,35-,36+,41+/m0/s1. The van der Waals surface area contributed by atoms with Gasteiger partial charge in [-0.3, -0.25) is 9.59 Å². The lowest BCUT2D eigenvalue weighted by Crippen LogP contribution is -2.54. The van der Waals surface area contributed by atoms with Crippen molar-refractivity contribution in [2.75, 3.05) is 0 Å². The molecule has 284 valence electrons. The Morgan fingerprint density at radius 3 is 1.87 bits per heavy atom. The van der Waals surface area contributed by atoms with Crippen LogP contribution < -0.4 is 0 Å². The number of esters is 5. The van der Waals surface area contributed by atoms with E-state index in [2.05, 4.69) is 0 Å². The van der Waals surface area contributed by atoms with Crippen LogP contribution in [0.25, 0.3) is 0 Å². The van der Waals surface area contributed by atoms with E-state index in [9.17, 15) is 29.1 Å². The molecule has 0 aliphatic heterocycles. The predicted octanol–water partition coefficient (Wildman–Crippen LogP) is 6.40. The Morgan fingerprint density at radius 1 is 0.769 bits per heavy atom. The SMILES string of the molecule is C/C=C(\C)C(=O)O[C@H]1/C(C)=C/[C@H]2[C@@H](OC(=O)c3ccccc3)[C@@H](C)C[C@]2(O)[C@@H](OC(=O)/C(C)=C/C)[C@@H](C)/C=C/C(C)(C)[C@H](OC(C)=O)[C@H]1OC(C)=O. The number of fused-ring (bicyclic) bond motifs is 1. The first-order valence-corrected chi connectivity index (χ1v) is 17.7. The van der Waals surface area contributed by atoms with Crippen molar-refractivity contribution < 1.29 is 52.8 Å². The summed E-state index contributed by atoms with van der Waals surface area (Å²) < 4.78 is 30.1. The van der Waals surface area contributed by atoms with Crippen LogP contribution in [0.15, 0.2) is 77.4 Å². The summed E-state index contributed by atoms with van der Waals surface area (Å²) in [7, 11) is 0. The Labute approximate surface area is 307 Å². The number of aliphatic hydroxyl groups is 1. The monoisotopic (exact) mass is 722 g/mol. The Kier molecular flexibility index (Phi) is 14.0. The summed E-state index contributed by atoms with van der Waals surface area (Å²) in [5, 5.41) is 12.9. The molecule has 2 aliphatic rings. The van der Waals surface area contributed by atoms with Crippen molar-refractivity contribution in [3.63, 3.8) is 0 Å². The lowest BCUT2D eigenvalue weighted by Gasteiger charge is -2.43. The van der Waals surface area contributed by atoms with Crippen LogP contribution in [0, 0.1) is 23.2 Å². The maximum atomic E-state index is 13.5. The van der Waals surface area contributed by atoms with Gasteiger partial charge in [0.2, 0.25) is 0 Å². The lowest BCUT2D eigenvalue weighted by atomic mass is 9.74. The van der Waals surface area contributed by atoms with Gasteiger partial charge >= 0.3 is 29.8 Å². The number of benzene rings is 1. The average Bonchev–Trinajstić information content (AvgIpc) is 3.32. The fraction of sp³-hybridized carbons (Fsp3) is 0.537. The van der Waals surface area contributed by atoms with Crippen LogP contribution in [0.1, 0.15) is 92.9 Å². The number of allylic oxidation sites excluding steroid dienone is 2. The van der Waals surface area contributed by atoms with Gasteiger partial charge in [0.1, 0.15) is 17.8 Å². The Bertz CT molecular complexity index is 1620. The molecular weight excluding hydrogens is 668 g/mol. The van der Waals surface area contributed by atoms with E-state index in [0.29, 0.717) is 16.7 Å². The van der Waals surface area contributed by atoms with Crippen LogP contribution in [0.3, 0.4) is 0 Å². The van der Waals surface area contributed by atoms with Gasteiger partial charge in [-0.25, -0.2) is 14.4 Å². The number of carbonyl (C=O) groups excluding carboxylic acids is 5.